The summed E-state index contributed by atoms with van der Waals surface area (Å²) in [5, 5.41) is 4.77. The molecule has 4 nitrogen and oxygen atoms in total. The van der Waals surface area contributed by atoms with Crippen molar-refractivity contribution < 1.29 is 13.6 Å². The van der Waals surface area contributed by atoms with Gasteiger partial charge in [-0.2, -0.15) is 0 Å². The average molecular weight is 277 g/mol. The first-order valence-electron chi connectivity index (χ1n) is 5.85. The van der Waals surface area contributed by atoms with Crippen LogP contribution in [0.15, 0.2) is 36.4 Å². The van der Waals surface area contributed by atoms with Gasteiger partial charge in [-0.25, -0.2) is 13.6 Å². The molecule has 0 spiro atoms. The molecule has 0 unspecified atom stereocenters. The Morgan fingerprint density at radius 3 is 2.35 bits per heavy atom. The predicted octanol–water partition coefficient (Wildman–Crippen LogP) is 3.50. The third-order valence-corrected chi connectivity index (χ3v) is 2.63. The van der Waals surface area contributed by atoms with E-state index in [4.69, 9.17) is 5.73 Å². The van der Waals surface area contributed by atoms with E-state index in [1.54, 1.807) is 12.1 Å². The number of hydrogen-bond donors (Lipinski definition) is 3. The predicted molar refractivity (Wildman–Crippen MR) is 74.6 cm³/mol. The second-order valence-electron chi connectivity index (χ2n) is 4.30. The van der Waals surface area contributed by atoms with Crippen LogP contribution in [0, 0.1) is 18.6 Å². The van der Waals surface area contributed by atoms with E-state index in [2.05, 4.69) is 10.6 Å². The molecule has 0 aromatic heterocycles. The van der Waals surface area contributed by atoms with Crippen molar-refractivity contribution in [2.75, 3.05) is 16.4 Å². The summed E-state index contributed by atoms with van der Waals surface area (Å²) < 4.78 is 26.4. The summed E-state index contributed by atoms with van der Waals surface area (Å²) in [6.45, 7) is 1.92. The van der Waals surface area contributed by atoms with E-state index in [1.807, 2.05) is 19.1 Å². The Kier molecular flexibility index (Phi) is 3.84. The van der Waals surface area contributed by atoms with E-state index in [0.717, 1.165) is 11.6 Å². The minimum absolute atomic E-state index is 0.179. The third kappa shape index (κ3) is 3.23. The van der Waals surface area contributed by atoms with Crippen LogP contribution in [-0.4, -0.2) is 6.03 Å². The first kappa shape index (κ1) is 13.8. The largest absolute Gasteiger partial charge is 0.397 e. The number of hydrogen-bond acceptors (Lipinski definition) is 2. The Morgan fingerprint density at radius 2 is 1.75 bits per heavy atom. The average Bonchev–Trinajstić information content (AvgIpc) is 2.36. The van der Waals surface area contributed by atoms with Gasteiger partial charge in [0.1, 0.15) is 11.5 Å². The number of nitrogens with two attached hydrogens (primary N) is 1. The van der Waals surface area contributed by atoms with E-state index in [0.29, 0.717) is 11.8 Å². The summed E-state index contributed by atoms with van der Waals surface area (Å²) in [7, 11) is 0. The van der Waals surface area contributed by atoms with Crippen molar-refractivity contribution in [2.24, 2.45) is 0 Å². The Labute approximate surface area is 114 Å². The molecule has 2 amide bonds. The molecule has 0 heterocycles. The molecular weight excluding hydrogens is 264 g/mol. The topological polar surface area (TPSA) is 67.2 Å². The van der Waals surface area contributed by atoms with Gasteiger partial charge in [-0.1, -0.05) is 17.7 Å². The summed E-state index contributed by atoms with van der Waals surface area (Å²) in [6, 6.07) is 7.98. The van der Waals surface area contributed by atoms with Crippen LogP contribution in [0.4, 0.5) is 30.6 Å². The molecule has 2 rings (SSSR count). The van der Waals surface area contributed by atoms with Gasteiger partial charge in [0.05, 0.1) is 5.69 Å². The number of carbonyl (C=O) groups excluding carboxylic acids is 1. The van der Waals surface area contributed by atoms with Crippen LogP contribution in [0.3, 0.4) is 0 Å². The van der Waals surface area contributed by atoms with Gasteiger partial charge in [0.25, 0.3) is 0 Å². The quantitative estimate of drug-likeness (QED) is 0.735. The number of anilines is 3. The van der Waals surface area contributed by atoms with Gasteiger partial charge in [-0.15, -0.1) is 0 Å². The fourth-order valence-electron chi connectivity index (χ4n) is 1.64. The second-order valence-corrected chi connectivity index (χ2v) is 4.30. The van der Waals surface area contributed by atoms with Crippen molar-refractivity contribution >= 4 is 23.1 Å². The molecule has 0 aliphatic heterocycles. The fraction of sp³-hybridized carbons (Fsp3) is 0.0714. The molecular formula is C14H13F2N3O. The van der Waals surface area contributed by atoms with Crippen LogP contribution >= 0.6 is 0 Å². The van der Waals surface area contributed by atoms with E-state index in [9.17, 15) is 13.6 Å². The number of benzene rings is 2. The van der Waals surface area contributed by atoms with Crippen molar-refractivity contribution in [3.63, 3.8) is 0 Å². The lowest BCUT2D eigenvalue weighted by Gasteiger charge is -2.11. The summed E-state index contributed by atoms with van der Waals surface area (Å²) in [4.78, 5) is 11.7. The molecule has 0 fully saturated rings. The Morgan fingerprint density at radius 1 is 1.10 bits per heavy atom. The number of urea groups is 1. The highest BCUT2D eigenvalue weighted by Crippen LogP contribution is 2.24. The van der Waals surface area contributed by atoms with Crippen LogP contribution in [0.1, 0.15) is 5.56 Å². The summed E-state index contributed by atoms with van der Waals surface area (Å²) in [5.74, 6) is -1.73. The van der Waals surface area contributed by atoms with Gasteiger partial charge >= 0.3 is 6.03 Å². The number of aryl methyl sites for hydroxylation is 1. The van der Waals surface area contributed by atoms with E-state index < -0.39 is 17.7 Å². The van der Waals surface area contributed by atoms with Gasteiger partial charge in [0.2, 0.25) is 0 Å². The molecule has 2 aromatic carbocycles. The molecule has 20 heavy (non-hydrogen) atoms. The first-order valence-corrected chi connectivity index (χ1v) is 5.85. The second kappa shape index (κ2) is 5.56. The maximum atomic E-state index is 13.5. The number of nitrogens with one attached hydrogen (secondary N) is 2. The molecule has 6 heteroatoms. The third-order valence-electron chi connectivity index (χ3n) is 2.63. The van der Waals surface area contributed by atoms with Crippen LogP contribution in [0.25, 0.3) is 0 Å². The van der Waals surface area contributed by atoms with Crippen LogP contribution in [-0.2, 0) is 0 Å². The monoisotopic (exact) mass is 277 g/mol. The molecule has 0 bridgehead atoms. The number of rotatable bonds is 2. The van der Waals surface area contributed by atoms with Gasteiger partial charge in [-0.05, 0) is 25.1 Å². The maximum Gasteiger partial charge on any atom is 0.323 e. The molecule has 4 N–H and O–H groups in total. The molecule has 0 aliphatic rings. The number of carbonyl (C=O) groups is 1. The molecule has 2 aromatic rings. The Hall–Kier alpha value is -2.63. The zero-order valence-electron chi connectivity index (χ0n) is 10.7. The van der Waals surface area contributed by atoms with Crippen molar-refractivity contribution in [3.05, 3.63) is 53.6 Å². The van der Waals surface area contributed by atoms with E-state index in [-0.39, 0.29) is 11.4 Å². The Bertz CT molecular complexity index is 618. The van der Waals surface area contributed by atoms with Crippen LogP contribution < -0.4 is 16.4 Å². The molecule has 0 saturated carbocycles. The summed E-state index contributed by atoms with van der Waals surface area (Å²) in [5.41, 5.74) is 6.62. The van der Waals surface area contributed by atoms with Crippen molar-refractivity contribution in [1.29, 1.82) is 0 Å². The van der Waals surface area contributed by atoms with Crippen LogP contribution in [0.5, 0.6) is 0 Å². The molecule has 0 radical (unpaired) electrons. The van der Waals surface area contributed by atoms with Gasteiger partial charge in [0.15, 0.2) is 5.82 Å². The molecule has 104 valence electrons. The minimum Gasteiger partial charge on any atom is -0.397 e. The lowest BCUT2D eigenvalue weighted by Crippen LogP contribution is -2.21. The lowest BCUT2D eigenvalue weighted by molar-refractivity contribution is 0.262. The zero-order chi connectivity index (χ0) is 14.7. The number of halogens is 2. The highest BCUT2D eigenvalue weighted by molar-refractivity contribution is 6.01. The summed E-state index contributed by atoms with van der Waals surface area (Å²) in [6.07, 6.45) is 0. The van der Waals surface area contributed by atoms with Gasteiger partial charge in [-0.3, -0.25) is 0 Å². The van der Waals surface area contributed by atoms with Crippen molar-refractivity contribution in [2.45, 2.75) is 6.92 Å². The molecule has 0 saturated heterocycles. The first-order chi connectivity index (χ1) is 9.45. The highest BCUT2D eigenvalue weighted by atomic mass is 19.1. The van der Waals surface area contributed by atoms with E-state index >= 15 is 0 Å². The smallest absolute Gasteiger partial charge is 0.323 e. The van der Waals surface area contributed by atoms with Crippen molar-refractivity contribution in [3.8, 4) is 0 Å². The molecule has 0 atom stereocenters. The fourth-order valence-corrected chi connectivity index (χ4v) is 1.64. The minimum atomic E-state index is -0.929. The van der Waals surface area contributed by atoms with E-state index in [1.165, 1.54) is 0 Å². The number of amides is 2. The number of nitrogen functional groups attached to an aromatic ring is 1. The van der Waals surface area contributed by atoms with Gasteiger partial charge in [0, 0.05) is 11.8 Å². The Balaban J connectivity index is 2.10. The zero-order valence-corrected chi connectivity index (χ0v) is 10.7. The lowest BCUT2D eigenvalue weighted by atomic mass is 10.2. The normalized spacial score (nSPS) is 10.2. The van der Waals surface area contributed by atoms with Crippen LogP contribution in [0.2, 0.25) is 0 Å². The summed E-state index contributed by atoms with van der Waals surface area (Å²) >= 11 is 0. The van der Waals surface area contributed by atoms with Crippen molar-refractivity contribution in [1.82, 2.24) is 0 Å². The standard InChI is InChI=1S/C14H13F2N3O/c1-8-2-4-10(5-3-8)18-14(20)19-13-11(16)6-9(15)7-12(13)17/h2-7H,17H2,1H3,(H2,18,19,20). The maximum absolute atomic E-state index is 13.5. The highest BCUT2D eigenvalue weighted by Gasteiger charge is 2.12. The molecule has 0 aliphatic carbocycles. The van der Waals surface area contributed by atoms with Gasteiger partial charge < -0.3 is 16.4 Å². The SMILES string of the molecule is Cc1ccc(NC(=O)Nc2c(N)cc(F)cc2F)cc1.